The van der Waals surface area contributed by atoms with E-state index in [4.69, 9.17) is 10.7 Å². The van der Waals surface area contributed by atoms with E-state index in [1.165, 1.54) is 28.5 Å². The molecule has 3 heterocycles. The van der Waals surface area contributed by atoms with Crippen molar-refractivity contribution >= 4 is 21.8 Å². The van der Waals surface area contributed by atoms with E-state index < -0.39 is 0 Å². The van der Waals surface area contributed by atoms with Gasteiger partial charge in [-0.25, -0.2) is 9.97 Å². The van der Waals surface area contributed by atoms with Crippen LogP contribution in [0, 0.1) is 0 Å². The normalized spacial score (nSPS) is 15.6. The fourth-order valence-electron chi connectivity index (χ4n) is 4.79. The van der Waals surface area contributed by atoms with Gasteiger partial charge < -0.3 is 10.7 Å². The third-order valence-corrected chi connectivity index (χ3v) is 6.26. The molecule has 0 amide bonds. The van der Waals surface area contributed by atoms with Gasteiger partial charge in [-0.15, -0.1) is 0 Å². The van der Waals surface area contributed by atoms with E-state index >= 15 is 0 Å². The Morgan fingerprint density at radius 1 is 1.09 bits per heavy atom. The monoisotopic (exact) mass is 430 g/mol. The van der Waals surface area contributed by atoms with Gasteiger partial charge in [-0.3, -0.25) is 9.88 Å². The van der Waals surface area contributed by atoms with Gasteiger partial charge in [0.25, 0.3) is 0 Å². The minimum atomic E-state index is 0.302. The molecule has 5 rings (SSSR count). The molecule has 168 valence electrons. The summed E-state index contributed by atoms with van der Waals surface area (Å²) >= 11 is 0. The van der Waals surface area contributed by atoms with E-state index in [9.17, 15) is 0 Å². The van der Waals surface area contributed by atoms with Crippen LogP contribution in [0.4, 0.5) is 0 Å². The highest BCUT2D eigenvalue weighted by Gasteiger charge is 2.28. The lowest BCUT2D eigenvalue weighted by atomic mass is 9.91. The zero-order valence-electron chi connectivity index (χ0n) is 19.2. The summed E-state index contributed by atoms with van der Waals surface area (Å²) in [6.07, 6.45) is 11.1. The van der Waals surface area contributed by atoms with Gasteiger partial charge in [0.15, 0.2) is 0 Å². The Balaban J connectivity index is 0.00000119. The molecule has 1 aliphatic carbocycles. The first-order chi connectivity index (χ1) is 15.8. The fraction of sp³-hybridized carbons (Fsp3) is 0.423. The number of nitrogens with one attached hydrogen (secondary N) is 1. The predicted octanol–water partition coefficient (Wildman–Crippen LogP) is 5.15. The Hall–Kier alpha value is -2.83. The topological polar surface area (TPSA) is 83.7 Å². The Kier molecular flexibility index (Phi) is 7.45. The standard InChI is InChI=1S/C24H28N6.C2H6/c25-11-3-4-13-30(22-9-5-6-17-14-26-16-28-23(17)22)15-21-24-19(10-12-27-21)18-7-1-2-8-20(18)29-24;1-2/h1-2,7-8,10,12,14,16,22,29H,3-6,9,11,13,15,25H2;1-2H3. The van der Waals surface area contributed by atoms with Crippen LogP contribution in [0.2, 0.25) is 0 Å². The number of pyridine rings is 1. The second-order valence-electron chi connectivity index (χ2n) is 8.16. The maximum absolute atomic E-state index is 5.78. The van der Waals surface area contributed by atoms with Gasteiger partial charge in [0, 0.05) is 35.2 Å². The second-order valence-corrected chi connectivity index (χ2v) is 8.16. The minimum absolute atomic E-state index is 0.302. The van der Waals surface area contributed by atoms with Crippen molar-refractivity contribution in [2.24, 2.45) is 5.73 Å². The number of aromatic amines is 1. The predicted molar refractivity (Wildman–Crippen MR) is 131 cm³/mol. The zero-order chi connectivity index (χ0) is 22.3. The van der Waals surface area contributed by atoms with Gasteiger partial charge >= 0.3 is 0 Å². The number of para-hydroxylation sites is 1. The van der Waals surface area contributed by atoms with Gasteiger partial charge in [0.1, 0.15) is 6.33 Å². The molecule has 0 saturated carbocycles. The van der Waals surface area contributed by atoms with E-state index in [-0.39, 0.29) is 0 Å². The van der Waals surface area contributed by atoms with E-state index in [1.54, 1.807) is 6.33 Å². The van der Waals surface area contributed by atoms with Crippen LogP contribution in [0.1, 0.15) is 62.5 Å². The fourth-order valence-corrected chi connectivity index (χ4v) is 4.79. The number of nitrogens with zero attached hydrogens (tertiary/aromatic N) is 4. The minimum Gasteiger partial charge on any atom is -0.353 e. The van der Waals surface area contributed by atoms with Gasteiger partial charge in [-0.05, 0) is 62.9 Å². The lowest BCUT2D eigenvalue weighted by molar-refractivity contribution is 0.161. The number of aromatic nitrogens is 4. The molecule has 32 heavy (non-hydrogen) atoms. The first-order valence-corrected chi connectivity index (χ1v) is 11.9. The molecule has 0 bridgehead atoms. The van der Waals surface area contributed by atoms with Gasteiger partial charge in [-0.1, -0.05) is 32.0 Å². The molecule has 1 aromatic carbocycles. The molecule has 0 radical (unpaired) electrons. The number of nitrogens with two attached hydrogens (primary N) is 1. The molecule has 3 aromatic heterocycles. The number of H-pyrrole nitrogens is 1. The van der Waals surface area contributed by atoms with Crippen LogP contribution in [0.5, 0.6) is 0 Å². The van der Waals surface area contributed by atoms with Crippen molar-refractivity contribution in [3.63, 3.8) is 0 Å². The molecule has 0 saturated heterocycles. The summed E-state index contributed by atoms with van der Waals surface area (Å²) in [6.45, 7) is 6.51. The van der Waals surface area contributed by atoms with Crippen molar-refractivity contribution in [1.82, 2.24) is 24.8 Å². The Labute approximate surface area is 190 Å². The van der Waals surface area contributed by atoms with Crippen LogP contribution in [0.3, 0.4) is 0 Å². The smallest absolute Gasteiger partial charge is 0.115 e. The van der Waals surface area contributed by atoms with Crippen LogP contribution in [-0.2, 0) is 13.0 Å². The van der Waals surface area contributed by atoms with Crippen molar-refractivity contribution in [1.29, 1.82) is 0 Å². The van der Waals surface area contributed by atoms with Crippen molar-refractivity contribution < 1.29 is 0 Å². The molecule has 1 unspecified atom stereocenters. The molecule has 1 atom stereocenters. The lowest BCUT2D eigenvalue weighted by Gasteiger charge is -2.34. The van der Waals surface area contributed by atoms with Gasteiger partial charge in [0.05, 0.1) is 22.9 Å². The summed E-state index contributed by atoms with van der Waals surface area (Å²) in [5.41, 5.74) is 11.7. The van der Waals surface area contributed by atoms with Crippen molar-refractivity contribution in [3.8, 4) is 0 Å². The van der Waals surface area contributed by atoms with Crippen LogP contribution in [0.15, 0.2) is 49.1 Å². The highest BCUT2D eigenvalue weighted by molar-refractivity contribution is 6.07. The highest BCUT2D eigenvalue weighted by atomic mass is 15.2. The van der Waals surface area contributed by atoms with E-state index in [2.05, 4.69) is 50.2 Å². The number of rotatable bonds is 7. The summed E-state index contributed by atoms with van der Waals surface area (Å²) in [6, 6.07) is 10.9. The quantitative estimate of drug-likeness (QED) is 0.396. The summed E-state index contributed by atoms with van der Waals surface area (Å²) in [5, 5.41) is 2.49. The number of unbranched alkanes of at least 4 members (excludes halogenated alkanes) is 1. The summed E-state index contributed by atoms with van der Waals surface area (Å²) < 4.78 is 0. The average Bonchev–Trinajstić information content (AvgIpc) is 3.24. The van der Waals surface area contributed by atoms with E-state index in [0.717, 1.165) is 62.0 Å². The lowest BCUT2D eigenvalue weighted by Crippen LogP contribution is -2.33. The molecule has 0 spiro atoms. The van der Waals surface area contributed by atoms with Crippen LogP contribution in [-0.4, -0.2) is 37.9 Å². The average molecular weight is 431 g/mol. The second kappa shape index (κ2) is 10.7. The van der Waals surface area contributed by atoms with Crippen LogP contribution < -0.4 is 5.73 Å². The Morgan fingerprint density at radius 2 is 1.97 bits per heavy atom. The number of fused-ring (bicyclic) bond motifs is 4. The number of hydrogen-bond donors (Lipinski definition) is 2. The molecule has 1 aliphatic rings. The Morgan fingerprint density at radius 3 is 2.84 bits per heavy atom. The highest BCUT2D eigenvalue weighted by Crippen LogP contribution is 2.34. The van der Waals surface area contributed by atoms with Gasteiger partial charge in [0.2, 0.25) is 0 Å². The molecule has 4 aromatic rings. The summed E-state index contributed by atoms with van der Waals surface area (Å²) in [7, 11) is 0. The molecule has 6 heteroatoms. The molecule has 0 fully saturated rings. The first kappa shape index (κ1) is 22.4. The molecular weight excluding hydrogens is 396 g/mol. The van der Waals surface area contributed by atoms with Crippen LogP contribution in [0.25, 0.3) is 21.8 Å². The Bertz CT molecular complexity index is 1150. The molecule has 3 N–H and O–H groups in total. The third-order valence-electron chi connectivity index (χ3n) is 6.26. The zero-order valence-corrected chi connectivity index (χ0v) is 19.2. The first-order valence-electron chi connectivity index (χ1n) is 11.9. The molecule has 6 nitrogen and oxygen atoms in total. The van der Waals surface area contributed by atoms with Crippen molar-refractivity contribution in [2.75, 3.05) is 13.1 Å². The summed E-state index contributed by atoms with van der Waals surface area (Å²) in [5.74, 6) is 0. The molecule has 0 aliphatic heterocycles. The molecular formula is C26H34N6. The maximum atomic E-state index is 5.78. The van der Waals surface area contributed by atoms with E-state index in [1.807, 2.05) is 26.2 Å². The van der Waals surface area contributed by atoms with Gasteiger partial charge in [-0.2, -0.15) is 0 Å². The maximum Gasteiger partial charge on any atom is 0.115 e. The SMILES string of the molecule is CC.NCCCCN(Cc1nccc2c1[nH]c1ccccc12)C1CCCc2cncnc21. The third kappa shape index (κ3) is 4.52. The van der Waals surface area contributed by atoms with Crippen molar-refractivity contribution in [3.05, 3.63) is 66.0 Å². The number of aryl methyl sites for hydroxylation is 1. The van der Waals surface area contributed by atoms with E-state index in [0.29, 0.717) is 6.04 Å². The number of hydrogen-bond acceptors (Lipinski definition) is 5. The number of benzene rings is 1. The van der Waals surface area contributed by atoms with Crippen LogP contribution >= 0.6 is 0 Å². The summed E-state index contributed by atoms with van der Waals surface area (Å²) in [4.78, 5) is 19.9. The largest absolute Gasteiger partial charge is 0.353 e. The van der Waals surface area contributed by atoms with Crippen molar-refractivity contribution in [2.45, 2.75) is 58.5 Å².